The van der Waals surface area contributed by atoms with Gasteiger partial charge in [-0.15, -0.1) is 0 Å². The summed E-state index contributed by atoms with van der Waals surface area (Å²) in [4.78, 5) is 0. The van der Waals surface area contributed by atoms with Crippen LogP contribution in [-0.4, -0.2) is 25.3 Å². The Hall–Kier alpha value is -0.880. The molecule has 68 valence electrons. The Morgan fingerprint density at radius 2 is 2.33 bits per heavy atom. The maximum atomic E-state index is 10.9. The van der Waals surface area contributed by atoms with Crippen molar-refractivity contribution in [3.05, 3.63) is 18.0 Å². The van der Waals surface area contributed by atoms with Crippen molar-refractivity contribution in [3.63, 3.8) is 0 Å². The van der Waals surface area contributed by atoms with Gasteiger partial charge in [-0.2, -0.15) is 13.5 Å². The topological polar surface area (TPSA) is 61.2 Å². The number of hydrogen-bond acceptors (Lipinski definition) is 4. The van der Waals surface area contributed by atoms with E-state index in [9.17, 15) is 8.42 Å². The van der Waals surface area contributed by atoms with E-state index in [2.05, 4.69) is 9.28 Å². The molecule has 0 saturated heterocycles. The second-order valence-corrected chi connectivity index (χ2v) is 4.09. The summed E-state index contributed by atoms with van der Waals surface area (Å²) >= 11 is 0. The maximum Gasteiger partial charge on any atom is 0.272 e. The van der Waals surface area contributed by atoms with Gasteiger partial charge < -0.3 is 0 Å². The van der Waals surface area contributed by atoms with Gasteiger partial charge in [0.05, 0.1) is 12.8 Å². The van der Waals surface area contributed by atoms with Crippen LogP contribution in [0, 0.1) is 0 Å². The highest BCUT2D eigenvalue weighted by molar-refractivity contribution is 7.85. The summed E-state index contributed by atoms with van der Waals surface area (Å²) in [6, 6.07) is 1.64. The van der Waals surface area contributed by atoms with Crippen molar-refractivity contribution in [2.75, 3.05) is 7.11 Å². The molecule has 0 aliphatic carbocycles. The van der Waals surface area contributed by atoms with E-state index in [-0.39, 0.29) is 5.75 Å². The van der Waals surface area contributed by atoms with Gasteiger partial charge in [0.1, 0.15) is 5.75 Å². The molecular formula is C6H10N2O3S. The van der Waals surface area contributed by atoms with Crippen molar-refractivity contribution < 1.29 is 12.6 Å². The summed E-state index contributed by atoms with van der Waals surface area (Å²) in [5.74, 6) is -0.176. The first-order valence-electron chi connectivity index (χ1n) is 3.30. The van der Waals surface area contributed by atoms with Crippen molar-refractivity contribution in [2.24, 2.45) is 7.05 Å². The minimum atomic E-state index is -3.44. The normalized spacial score (nSPS) is 11.8. The molecule has 0 spiro atoms. The number of aryl methyl sites for hydroxylation is 1. The fraction of sp³-hybridized carbons (Fsp3) is 0.500. The smallest absolute Gasteiger partial charge is 0.272 e. The first-order chi connectivity index (χ1) is 5.53. The summed E-state index contributed by atoms with van der Waals surface area (Å²) in [7, 11) is -0.573. The fourth-order valence-electron chi connectivity index (χ4n) is 0.780. The monoisotopic (exact) mass is 190 g/mol. The molecular weight excluding hydrogens is 180 g/mol. The van der Waals surface area contributed by atoms with Crippen molar-refractivity contribution >= 4 is 10.1 Å². The Morgan fingerprint density at radius 3 is 2.75 bits per heavy atom. The highest BCUT2D eigenvalue weighted by Gasteiger charge is 2.11. The fourth-order valence-corrected chi connectivity index (χ4v) is 1.41. The van der Waals surface area contributed by atoms with Crippen LogP contribution in [0.4, 0.5) is 0 Å². The van der Waals surface area contributed by atoms with E-state index in [1.165, 1.54) is 0 Å². The third-order valence-corrected chi connectivity index (χ3v) is 2.50. The predicted octanol–water partition coefficient (Wildman–Crippen LogP) is -0.104. The van der Waals surface area contributed by atoms with E-state index in [4.69, 9.17) is 0 Å². The molecule has 0 aliphatic rings. The van der Waals surface area contributed by atoms with Crippen LogP contribution in [0.1, 0.15) is 5.69 Å². The van der Waals surface area contributed by atoms with Gasteiger partial charge in [0, 0.05) is 13.2 Å². The lowest BCUT2D eigenvalue weighted by Gasteiger charge is -1.96. The molecule has 0 radical (unpaired) electrons. The van der Waals surface area contributed by atoms with Crippen molar-refractivity contribution in [1.29, 1.82) is 0 Å². The first-order valence-corrected chi connectivity index (χ1v) is 4.88. The molecule has 5 nitrogen and oxygen atoms in total. The number of nitrogens with zero attached hydrogens (tertiary/aromatic N) is 2. The number of hydrogen-bond donors (Lipinski definition) is 0. The molecule has 0 aromatic carbocycles. The first kappa shape index (κ1) is 9.21. The Kier molecular flexibility index (Phi) is 2.49. The third kappa shape index (κ3) is 2.31. The molecule has 12 heavy (non-hydrogen) atoms. The zero-order valence-electron chi connectivity index (χ0n) is 6.89. The van der Waals surface area contributed by atoms with Crippen LogP contribution in [0.25, 0.3) is 0 Å². The Morgan fingerprint density at radius 1 is 1.67 bits per heavy atom. The van der Waals surface area contributed by atoms with Crippen LogP contribution in [0.15, 0.2) is 12.3 Å². The molecule has 1 rings (SSSR count). The molecule has 0 atom stereocenters. The van der Waals surface area contributed by atoms with Crippen LogP contribution in [0.5, 0.6) is 0 Å². The zero-order chi connectivity index (χ0) is 9.19. The van der Waals surface area contributed by atoms with Gasteiger partial charge in [0.15, 0.2) is 0 Å². The lowest BCUT2D eigenvalue weighted by molar-refractivity contribution is 0.396. The lowest BCUT2D eigenvalue weighted by atomic mass is 10.5. The van der Waals surface area contributed by atoms with Crippen LogP contribution < -0.4 is 0 Å². The zero-order valence-corrected chi connectivity index (χ0v) is 7.71. The van der Waals surface area contributed by atoms with Gasteiger partial charge >= 0.3 is 0 Å². The van der Waals surface area contributed by atoms with E-state index in [0.717, 1.165) is 7.11 Å². The second-order valence-electron chi connectivity index (χ2n) is 2.35. The Bertz CT molecular complexity index is 355. The second kappa shape index (κ2) is 3.24. The van der Waals surface area contributed by atoms with Gasteiger partial charge in [-0.1, -0.05) is 0 Å². The maximum absolute atomic E-state index is 10.9. The highest BCUT2D eigenvalue weighted by Crippen LogP contribution is 2.02. The van der Waals surface area contributed by atoms with Crippen molar-refractivity contribution in [2.45, 2.75) is 5.75 Å². The largest absolute Gasteiger partial charge is 0.276 e. The SMILES string of the molecule is COS(=O)(=O)Cc1ccn(C)n1. The number of rotatable bonds is 3. The Labute approximate surface area is 71.1 Å². The lowest BCUT2D eigenvalue weighted by Crippen LogP contribution is -2.06. The standard InChI is InChI=1S/C6H10N2O3S/c1-8-4-3-6(7-8)5-12(9,10)11-2/h3-4H,5H2,1-2H3. The van der Waals surface area contributed by atoms with Crippen LogP contribution >= 0.6 is 0 Å². The summed E-state index contributed by atoms with van der Waals surface area (Å²) in [5.41, 5.74) is 0.486. The molecule has 1 heterocycles. The van der Waals surface area contributed by atoms with Crippen LogP contribution in [0.2, 0.25) is 0 Å². The molecule has 0 unspecified atom stereocenters. The van der Waals surface area contributed by atoms with Crippen LogP contribution in [0.3, 0.4) is 0 Å². The number of aromatic nitrogens is 2. The molecule has 1 aromatic heterocycles. The molecule has 0 N–H and O–H groups in total. The van der Waals surface area contributed by atoms with Gasteiger partial charge in [-0.3, -0.25) is 8.86 Å². The summed E-state index contributed by atoms with van der Waals surface area (Å²) in [6.45, 7) is 0. The van der Waals surface area contributed by atoms with Crippen LogP contribution in [-0.2, 0) is 27.1 Å². The molecule has 0 bridgehead atoms. The van der Waals surface area contributed by atoms with E-state index in [1.807, 2.05) is 0 Å². The van der Waals surface area contributed by atoms with Crippen molar-refractivity contribution in [3.8, 4) is 0 Å². The third-order valence-electron chi connectivity index (χ3n) is 1.35. The predicted molar refractivity (Wildman–Crippen MR) is 42.8 cm³/mol. The van der Waals surface area contributed by atoms with Gasteiger partial charge in [0.25, 0.3) is 10.1 Å². The Balaban J connectivity index is 2.77. The summed E-state index contributed by atoms with van der Waals surface area (Å²) < 4.78 is 27.6. The average molecular weight is 190 g/mol. The molecule has 0 fully saturated rings. The molecule has 0 saturated carbocycles. The van der Waals surface area contributed by atoms with E-state index in [0.29, 0.717) is 5.69 Å². The summed E-state index contributed by atoms with van der Waals surface area (Å²) in [6.07, 6.45) is 1.68. The van der Waals surface area contributed by atoms with Gasteiger partial charge in [-0.05, 0) is 6.07 Å². The minimum Gasteiger partial charge on any atom is -0.276 e. The van der Waals surface area contributed by atoms with E-state index < -0.39 is 10.1 Å². The highest BCUT2D eigenvalue weighted by atomic mass is 32.2. The van der Waals surface area contributed by atoms with Crippen molar-refractivity contribution in [1.82, 2.24) is 9.78 Å². The van der Waals surface area contributed by atoms with E-state index >= 15 is 0 Å². The molecule has 0 amide bonds. The van der Waals surface area contributed by atoms with Gasteiger partial charge in [-0.25, -0.2) is 0 Å². The van der Waals surface area contributed by atoms with Gasteiger partial charge in [0.2, 0.25) is 0 Å². The molecule has 1 aromatic rings. The summed E-state index contributed by atoms with van der Waals surface area (Å²) in [5, 5.41) is 3.90. The minimum absolute atomic E-state index is 0.176. The van der Waals surface area contributed by atoms with E-state index in [1.54, 1.807) is 24.0 Å². The molecule has 0 aliphatic heterocycles. The molecule has 6 heteroatoms. The quantitative estimate of drug-likeness (QED) is 0.624. The average Bonchev–Trinajstić information content (AvgIpc) is 2.35.